The molecule has 0 radical (unpaired) electrons. The summed E-state index contributed by atoms with van der Waals surface area (Å²) in [5.74, 6) is -2.98. The molecule has 0 spiro atoms. The van der Waals surface area contributed by atoms with E-state index < -0.39 is 46.2 Å². The highest BCUT2D eigenvalue weighted by atomic mass is 35.5. The molecule has 0 bridgehead atoms. The highest BCUT2D eigenvalue weighted by Gasteiger charge is 2.45. The quantitative estimate of drug-likeness (QED) is 0.374. The van der Waals surface area contributed by atoms with E-state index in [9.17, 15) is 29.3 Å². The number of anilines is 1. The molecule has 0 aromatic heterocycles. The second-order valence-electron chi connectivity index (χ2n) is 7.72. The summed E-state index contributed by atoms with van der Waals surface area (Å²) in [6.07, 6.45) is -0.366. The van der Waals surface area contributed by atoms with Crippen LogP contribution in [0, 0.1) is 16.0 Å². The zero-order valence-corrected chi connectivity index (χ0v) is 19.2. The molecule has 1 N–H and O–H groups in total. The van der Waals surface area contributed by atoms with E-state index >= 15 is 0 Å². The topological polar surface area (TPSA) is 139 Å². The third kappa shape index (κ3) is 4.84. The van der Waals surface area contributed by atoms with Gasteiger partial charge in [-0.15, -0.1) is 0 Å². The predicted molar refractivity (Wildman–Crippen MR) is 121 cm³/mol. The van der Waals surface area contributed by atoms with Gasteiger partial charge in [0.05, 0.1) is 24.1 Å². The minimum absolute atomic E-state index is 0.154. The van der Waals surface area contributed by atoms with E-state index in [2.05, 4.69) is 5.43 Å². The lowest BCUT2D eigenvalue weighted by Gasteiger charge is -2.29. The number of imide groups is 1. The third-order valence-corrected chi connectivity index (χ3v) is 5.42. The van der Waals surface area contributed by atoms with Crippen LogP contribution in [0.1, 0.15) is 30.6 Å². The van der Waals surface area contributed by atoms with Gasteiger partial charge in [0.1, 0.15) is 16.8 Å². The van der Waals surface area contributed by atoms with Gasteiger partial charge in [-0.3, -0.25) is 34.7 Å². The van der Waals surface area contributed by atoms with Crippen LogP contribution >= 0.6 is 11.6 Å². The molecule has 4 amide bonds. The van der Waals surface area contributed by atoms with Crippen molar-refractivity contribution in [1.82, 2.24) is 10.4 Å². The number of nitro groups is 1. The molecule has 1 aliphatic rings. The Bertz CT molecular complexity index is 1180. The maximum absolute atomic E-state index is 13.2. The van der Waals surface area contributed by atoms with Gasteiger partial charge >= 0.3 is 0 Å². The minimum atomic E-state index is -1.31. The lowest BCUT2D eigenvalue weighted by molar-refractivity contribution is -0.384. The first-order valence-electron chi connectivity index (χ1n) is 10.1. The Hall–Kier alpha value is -3.99. The maximum Gasteiger partial charge on any atom is 0.288 e. The summed E-state index contributed by atoms with van der Waals surface area (Å²) in [5.41, 5.74) is 1.95. The fraction of sp³-hybridized carbons (Fsp3) is 0.273. The van der Waals surface area contributed by atoms with Crippen molar-refractivity contribution in [3.63, 3.8) is 0 Å². The summed E-state index contributed by atoms with van der Waals surface area (Å²) in [4.78, 5) is 63.0. The average molecular weight is 489 g/mol. The van der Waals surface area contributed by atoms with E-state index in [-0.39, 0.29) is 22.7 Å². The number of carbonyl (C=O) groups excluding carboxylic acids is 4. The Labute approximate surface area is 199 Å². The number of hydrazine groups is 1. The van der Waals surface area contributed by atoms with Crippen LogP contribution in [0.3, 0.4) is 0 Å². The van der Waals surface area contributed by atoms with Gasteiger partial charge in [0.15, 0.2) is 0 Å². The Morgan fingerprint density at radius 2 is 1.94 bits per heavy atom. The molecular weight excluding hydrogens is 468 g/mol. The Balaban J connectivity index is 1.92. The summed E-state index contributed by atoms with van der Waals surface area (Å²) in [6.45, 7) is 3.13. The van der Waals surface area contributed by atoms with Crippen LogP contribution in [-0.2, 0) is 14.4 Å². The zero-order chi connectivity index (χ0) is 25.2. The number of ether oxygens (including phenoxy) is 1. The van der Waals surface area contributed by atoms with Crippen molar-refractivity contribution in [1.29, 1.82) is 0 Å². The van der Waals surface area contributed by atoms with Crippen LogP contribution in [-0.4, -0.2) is 46.7 Å². The first-order chi connectivity index (χ1) is 16.0. The van der Waals surface area contributed by atoms with Crippen LogP contribution < -0.4 is 15.1 Å². The molecule has 1 aliphatic heterocycles. The van der Waals surface area contributed by atoms with Crippen LogP contribution in [0.5, 0.6) is 5.75 Å². The number of nitro benzene ring substituents is 1. The molecule has 178 valence electrons. The average Bonchev–Trinajstić information content (AvgIpc) is 3.10. The molecule has 3 rings (SSSR count). The number of amides is 4. The summed E-state index contributed by atoms with van der Waals surface area (Å²) < 4.78 is 5.14. The largest absolute Gasteiger partial charge is 0.497 e. The number of hydrogen-bond donors (Lipinski definition) is 1. The highest BCUT2D eigenvalue weighted by Crippen LogP contribution is 2.29. The number of methoxy groups -OCH3 is 1. The third-order valence-electron chi connectivity index (χ3n) is 5.10. The first-order valence-corrected chi connectivity index (χ1v) is 10.5. The fourth-order valence-electron chi connectivity index (χ4n) is 3.37. The van der Waals surface area contributed by atoms with Crippen LogP contribution in [0.2, 0.25) is 5.02 Å². The first kappa shape index (κ1) is 24.6. The van der Waals surface area contributed by atoms with Crippen LogP contribution in [0.4, 0.5) is 11.4 Å². The van der Waals surface area contributed by atoms with E-state index in [4.69, 9.17) is 16.3 Å². The lowest BCUT2D eigenvalue weighted by atomic mass is 10.1. The van der Waals surface area contributed by atoms with E-state index in [0.717, 1.165) is 16.0 Å². The van der Waals surface area contributed by atoms with Crippen molar-refractivity contribution in [2.24, 2.45) is 5.92 Å². The smallest absolute Gasteiger partial charge is 0.288 e. The standard InChI is InChI=1S/C22H21ClN4O7/c1-12(2)21(30)26(24-20(29)13-7-8-16(23)17(9-13)27(32)33)18-11-19(28)25(22(18)31)14-5-4-6-15(10-14)34-3/h4-10,12,18H,11H2,1-3H3,(H,24,29). The van der Waals surface area contributed by atoms with Gasteiger partial charge in [0.25, 0.3) is 17.5 Å². The molecule has 2 aromatic rings. The molecule has 0 saturated carbocycles. The van der Waals surface area contributed by atoms with E-state index in [1.54, 1.807) is 32.0 Å². The molecule has 1 atom stereocenters. The number of hydrogen-bond acceptors (Lipinski definition) is 7. The minimum Gasteiger partial charge on any atom is -0.497 e. The monoisotopic (exact) mass is 488 g/mol. The SMILES string of the molecule is COc1cccc(N2C(=O)CC(N(NC(=O)c3ccc(Cl)c([N+](=O)[O-])c3)C(=O)C(C)C)C2=O)c1. The summed E-state index contributed by atoms with van der Waals surface area (Å²) in [5, 5.41) is 11.8. The Morgan fingerprint density at radius 1 is 1.24 bits per heavy atom. The summed E-state index contributed by atoms with van der Waals surface area (Å²) in [7, 11) is 1.44. The summed E-state index contributed by atoms with van der Waals surface area (Å²) in [6, 6.07) is 8.37. The van der Waals surface area contributed by atoms with Crippen molar-refractivity contribution in [2.45, 2.75) is 26.3 Å². The number of nitrogens with zero attached hydrogens (tertiary/aromatic N) is 3. The van der Waals surface area contributed by atoms with Crippen LogP contribution in [0.15, 0.2) is 42.5 Å². The maximum atomic E-state index is 13.2. The Morgan fingerprint density at radius 3 is 2.56 bits per heavy atom. The van der Waals surface area contributed by atoms with Crippen LogP contribution in [0.25, 0.3) is 0 Å². The van der Waals surface area contributed by atoms with Crippen molar-refractivity contribution in [3.05, 3.63) is 63.2 Å². The van der Waals surface area contributed by atoms with Crippen molar-refractivity contribution in [3.8, 4) is 5.75 Å². The number of nitrogens with one attached hydrogen (secondary N) is 1. The number of halogens is 1. The molecule has 12 heteroatoms. The molecule has 11 nitrogen and oxygen atoms in total. The molecule has 1 heterocycles. The molecule has 0 aliphatic carbocycles. The van der Waals surface area contributed by atoms with E-state index in [0.29, 0.717) is 5.75 Å². The molecule has 1 saturated heterocycles. The molecule has 1 fully saturated rings. The van der Waals surface area contributed by atoms with Gasteiger partial charge in [-0.05, 0) is 24.3 Å². The van der Waals surface area contributed by atoms with Gasteiger partial charge in [0.2, 0.25) is 11.8 Å². The van der Waals surface area contributed by atoms with Crippen molar-refractivity contribution in [2.75, 3.05) is 12.0 Å². The van der Waals surface area contributed by atoms with E-state index in [1.165, 1.54) is 25.3 Å². The zero-order valence-electron chi connectivity index (χ0n) is 18.5. The molecular formula is C22H21ClN4O7. The number of carbonyl (C=O) groups is 4. The number of rotatable bonds is 6. The normalized spacial score (nSPS) is 15.4. The Kier molecular flexibility index (Phi) is 7.16. The lowest BCUT2D eigenvalue weighted by Crippen LogP contribution is -2.55. The van der Waals surface area contributed by atoms with Gasteiger partial charge in [-0.25, -0.2) is 9.91 Å². The molecule has 2 aromatic carbocycles. The fourth-order valence-corrected chi connectivity index (χ4v) is 3.56. The predicted octanol–water partition coefficient (Wildman–Crippen LogP) is 2.72. The second kappa shape index (κ2) is 9.87. The van der Waals surface area contributed by atoms with Gasteiger partial charge in [0, 0.05) is 23.6 Å². The number of benzene rings is 2. The van der Waals surface area contributed by atoms with Gasteiger partial charge < -0.3 is 4.74 Å². The molecule has 34 heavy (non-hydrogen) atoms. The van der Waals surface area contributed by atoms with Crippen molar-refractivity contribution < 1.29 is 28.8 Å². The van der Waals surface area contributed by atoms with Crippen molar-refractivity contribution >= 4 is 46.6 Å². The highest BCUT2D eigenvalue weighted by molar-refractivity contribution is 6.32. The molecule has 1 unspecified atom stereocenters. The summed E-state index contributed by atoms with van der Waals surface area (Å²) >= 11 is 5.79. The van der Waals surface area contributed by atoms with E-state index in [1.807, 2.05) is 0 Å². The van der Waals surface area contributed by atoms with Gasteiger partial charge in [-0.1, -0.05) is 31.5 Å². The van der Waals surface area contributed by atoms with Gasteiger partial charge in [-0.2, -0.15) is 0 Å². The second-order valence-corrected chi connectivity index (χ2v) is 8.12.